The van der Waals surface area contributed by atoms with Crippen LogP contribution in [-0.4, -0.2) is 23.1 Å². The summed E-state index contributed by atoms with van der Waals surface area (Å²) in [6.07, 6.45) is 0. The molecular formula is C11H21N5O. The van der Waals surface area contributed by atoms with Crippen LogP contribution >= 0.6 is 0 Å². The van der Waals surface area contributed by atoms with E-state index in [0.29, 0.717) is 30.2 Å². The molecular weight excluding hydrogens is 218 g/mol. The Balaban J connectivity index is 2.86. The van der Waals surface area contributed by atoms with Gasteiger partial charge in [-0.3, -0.25) is 0 Å². The van der Waals surface area contributed by atoms with Crippen molar-refractivity contribution in [2.75, 3.05) is 17.9 Å². The molecule has 17 heavy (non-hydrogen) atoms. The minimum absolute atomic E-state index is 0.325. The van der Waals surface area contributed by atoms with Gasteiger partial charge in [0, 0.05) is 19.2 Å². The molecule has 96 valence electrons. The first kappa shape index (κ1) is 13.7. The Hall–Kier alpha value is -1.40. The van der Waals surface area contributed by atoms with Crippen molar-refractivity contribution in [3.63, 3.8) is 0 Å². The summed E-state index contributed by atoms with van der Waals surface area (Å²) in [5.74, 6) is 7.81. The molecule has 1 aromatic rings. The number of hydrogen-bond acceptors (Lipinski definition) is 6. The highest BCUT2D eigenvalue weighted by Crippen LogP contribution is 2.14. The molecule has 6 heteroatoms. The van der Waals surface area contributed by atoms with Gasteiger partial charge in [0.2, 0.25) is 0 Å². The second kappa shape index (κ2) is 6.36. The average Bonchev–Trinajstić information content (AvgIpc) is 2.28. The van der Waals surface area contributed by atoms with E-state index in [0.717, 1.165) is 5.82 Å². The zero-order chi connectivity index (χ0) is 12.8. The van der Waals surface area contributed by atoms with Crippen molar-refractivity contribution in [1.82, 2.24) is 9.97 Å². The van der Waals surface area contributed by atoms with Gasteiger partial charge in [-0.15, -0.1) is 0 Å². The smallest absolute Gasteiger partial charge is 0.158 e. The van der Waals surface area contributed by atoms with Gasteiger partial charge in [-0.05, 0) is 12.8 Å². The maximum Gasteiger partial charge on any atom is 0.158 e. The first-order chi connectivity index (χ1) is 8.06. The summed E-state index contributed by atoms with van der Waals surface area (Å²) in [4.78, 5) is 8.53. The molecule has 0 saturated carbocycles. The van der Waals surface area contributed by atoms with Crippen LogP contribution in [0.3, 0.4) is 0 Å². The Morgan fingerprint density at radius 2 is 1.94 bits per heavy atom. The summed E-state index contributed by atoms with van der Waals surface area (Å²) >= 11 is 0. The Morgan fingerprint density at radius 3 is 2.47 bits per heavy atom. The van der Waals surface area contributed by atoms with E-state index in [1.165, 1.54) is 0 Å². The number of anilines is 2. The van der Waals surface area contributed by atoms with Crippen LogP contribution < -0.4 is 16.6 Å². The largest absolute Gasteiger partial charge is 0.377 e. The summed E-state index contributed by atoms with van der Waals surface area (Å²) in [5.41, 5.74) is 2.52. The number of methoxy groups -OCH3 is 1. The van der Waals surface area contributed by atoms with Crippen molar-refractivity contribution in [2.45, 2.75) is 33.4 Å². The number of nitrogens with two attached hydrogens (primary N) is 1. The molecule has 1 unspecified atom stereocenters. The summed E-state index contributed by atoms with van der Waals surface area (Å²) < 4.78 is 5.01. The number of hydrogen-bond donors (Lipinski definition) is 3. The van der Waals surface area contributed by atoms with Crippen molar-refractivity contribution in [2.24, 2.45) is 11.8 Å². The van der Waals surface area contributed by atoms with Gasteiger partial charge in [-0.25, -0.2) is 15.8 Å². The molecule has 0 bridgehead atoms. The van der Waals surface area contributed by atoms with Gasteiger partial charge in [0.1, 0.15) is 18.2 Å². The number of nitrogen functional groups attached to an aromatic ring is 1. The zero-order valence-electron chi connectivity index (χ0n) is 10.8. The molecule has 0 aromatic carbocycles. The predicted octanol–water partition coefficient (Wildman–Crippen LogP) is 1.36. The standard InChI is InChI=1S/C11H21N5O/c1-7(2)8(3)13-9-5-10(16-12)15-11(14-9)6-17-4/h5,7-8H,6,12H2,1-4H3,(H2,13,14,15,16). The highest BCUT2D eigenvalue weighted by Gasteiger charge is 2.09. The van der Waals surface area contributed by atoms with Crippen LogP contribution in [0.1, 0.15) is 26.6 Å². The van der Waals surface area contributed by atoms with E-state index in [9.17, 15) is 0 Å². The van der Waals surface area contributed by atoms with Crippen LogP contribution in [0, 0.1) is 5.92 Å². The molecule has 1 aromatic heterocycles. The maximum atomic E-state index is 5.37. The number of ether oxygens (including phenoxy) is 1. The van der Waals surface area contributed by atoms with Crippen molar-refractivity contribution >= 4 is 11.6 Å². The van der Waals surface area contributed by atoms with Gasteiger partial charge in [0.15, 0.2) is 5.82 Å². The normalized spacial score (nSPS) is 12.6. The summed E-state index contributed by atoms with van der Waals surface area (Å²) in [6, 6.07) is 2.10. The summed E-state index contributed by atoms with van der Waals surface area (Å²) in [7, 11) is 1.61. The maximum absolute atomic E-state index is 5.37. The van der Waals surface area contributed by atoms with Crippen LogP contribution in [-0.2, 0) is 11.3 Å². The molecule has 4 N–H and O–H groups in total. The molecule has 0 aliphatic heterocycles. The average molecular weight is 239 g/mol. The summed E-state index contributed by atoms with van der Waals surface area (Å²) in [5, 5.41) is 3.31. The topological polar surface area (TPSA) is 85.1 Å². The molecule has 6 nitrogen and oxygen atoms in total. The lowest BCUT2D eigenvalue weighted by Crippen LogP contribution is -2.23. The minimum Gasteiger partial charge on any atom is -0.377 e. The highest BCUT2D eigenvalue weighted by molar-refractivity contribution is 5.47. The van der Waals surface area contributed by atoms with Gasteiger partial charge < -0.3 is 15.5 Å². The molecule has 0 amide bonds. The molecule has 1 rings (SSSR count). The van der Waals surface area contributed by atoms with Crippen molar-refractivity contribution < 1.29 is 4.74 Å². The van der Waals surface area contributed by atoms with Crippen LogP contribution in [0.25, 0.3) is 0 Å². The van der Waals surface area contributed by atoms with E-state index in [1.54, 1.807) is 13.2 Å². The van der Waals surface area contributed by atoms with Crippen molar-refractivity contribution in [3.05, 3.63) is 11.9 Å². The lowest BCUT2D eigenvalue weighted by atomic mass is 10.1. The Morgan fingerprint density at radius 1 is 1.29 bits per heavy atom. The van der Waals surface area contributed by atoms with Gasteiger partial charge in [-0.1, -0.05) is 13.8 Å². The van der Waals surface area contributed by atoms with Crippen LogP contribution in [0.4, 0.5) is 11.6 Å². The fraction of sp³-hybridized carbons (Fsp3) is 0.636. The second-order valence-corrected chi connectivity index (χ2v) is 4.31. The van der Waals surface area contributed by atoms with Gasteiger partial charge in [0.25, 0.3) is 0 Å². The van der Waals surface area contributed by atoms with E-state index >= 15 is 0 Å². The van der Waals surface area contributed by atoms with Crippen molar-refractivity contribution in [1.29, 1.82) is 0 Å². The Kier molecular flexibility index (Phi) is 5.11. The number of nitrogens with one attached hydrogen (secondary N) is 2. The van der Waals surface area contributed by atoms with Crippen LogP contribution in [0.5, 0.6) is 0 Å². The summed E-state index contributed by atoms with van der Waals surface area (Å²) in [6.45, 7) is 6.77. The molecule has 1 atom stereocenters. The minimum atomic E-state index is 0.325. The van der Waals surface area contributed by atoms with E-state index < -0.39 is 0 Å². The number of rotatable bonds is 6. The molecule has 0 fully saturated rings. The third-order valence-electron chi connectivity index (χ3n) is 2.57. The highest BCUT2D eigenvalue weighted by atomic mass is 16.5. The van der Waals surface area contributed by atoms with Gasteiger partial charge in [-0.2, -0.15) is 0 Å². The van der Waals surface area contributed by atoms with Crippen LogP contribution in [0.15, 0.2) is 6.07 Å². The molecule has 0 radical (unpaired) electrons. The van der Waals surface area contributed by atoms with Crippen LogP contribution in [0.2, 0.25) is 0 Å². The fourth-order valence-corrected chi connectivity index (χ4v) is 1.24. The van der Waals surface area contributed by atoms with Gasteiger partial charge in [0.05, 0.1) is 0 Å². The van der Waals surface area contributed by atoms with Crippen molar-refractivity contribution in [3.8, 4) is 0 Å². The molecule has 0 saturated heterocycles. The van der Waals surface area contributed by atoms with E-state index in [1.807, 2.05) is 0 Å². The van der Waals surface area contributed by atoms with Gasteiger partial charge >= 0.3 is 0 Å². The third kappa shape index (κ3) is 4.16. The quantitative estimate of drug-likeness (QED) is 0.513. The van der Waals surface area contributed by atoms with E-state index in [-0.39, 0.29) is 0 Å². The Bertz CT molecular complexity index is 356. The number of nitrogens with zero attached hydrogens (tertiary/aromatic N) is 2. The first-order valence-electron chi connectivity index (χ1n) is 5.66. The zero-order valence-corrected chi connectivity index (χ0v) is 10.8. The predicted molar refractivity (Wildman–Crippen MR) is 68.5 cm³/mol. The number of aromatic nitrogens is 2. The van der Waals surface area contributed by atoms with E-state index in [2.05, 4.69) is 41.5 Å². The molecule has 0 spiro atoms. The second-order valence-electron chi connectivity index (χ2n) is 4.31. The third-order valence-corrected chi connectivity index (χ3v) is 2.57. The van der Waals surface area contributed by atoms with E-state index in [4.69, 9.17) is 10.6 Å². The Labute approximate surface area is 102 Å². The monoisotopic (exact) mass is 239 g/mol. The molecule has 1 heterocycles. The number of hydrazine groups is 1. The molecule has 0 aliphatic carbocycles. The fourth-order valence-electron chi connectivity index (χ4n) is 1.24. The lowest BCUT2D eigenvalue weighted by Gasteiger charge is -2.18. The molecule has 0 aliphatic rings. The SMILES string of the molecule is COCc1nc(NN)cc(NC(C)C(C)C)n1. The first-order valence-corrected chi connectivity index (χ1v) is 5.66. The lowest BCUT2D eigenvalue weighted by molar-refractivity contribution is 0.178.